The maximum absolute atomic E-state index is 13.3. The number of pyridine rings is 1. The van der Waals surface area contributed by atoms with Crippen LogP contribution < -0.4 is 5.56 Å². The van der Waals surface area contributed by atoms with Crippen molar-refractivity contribution in [3.8, 4) is 11.1 Å². The van der Waals surface area contributed by atoms with E-state index in [1.54, 1.807) is 11.8 Å². The van der Waals surface area contributed by atoms with E-state index in [2.05, 4.69) is 76.4 Å². The van der Waals surface area contributed by atoms with Gasteiger partial charge in [0.2, 0.25) is 0 Å². The van der Waals surface area contributed by atoms with Crippen LogP contribution in [0.15, 0.2) is 76.4 Å². The van der Waals surface area contributed by atoms with Gasteiger partial charge in [-0.2, -0.15) is 0 Å². The average molecular weight is 403 g/mol. The summed E-state index contributed by atoms with van der Waals surface area (Å²) >= 11 is 1.72. The molecule has 0 amide bonds. The third-order valence-electron chi connectivity index (χ3n) is 6.33. The molecule has 4 heteroatoms. The van der Waals surface area contributed by atoms with Crippen molar-refractivity contribution >= 4 is 11.8 Å². The smallest absolute Gasteiger partial charge is 0.258 e. The van der Waals surface area contributed by atoms with Gasteiger partial charge in [0, 0.05) is 48.2 Å². The number of fused-ring (bicyclic) bond motifs is 4. The minimum absolute atomic E-state index is 0.172. The molecule has 2 unspecified atom stereocenters. The topological polar surface area (TPSA) is 25.2 Å². The maximum atomic E-state index is 13.3. The number of piperidine rings is 1. The van der Waals surface area contributed by atoms with Crippen LogP contribution in [0.5, 0.6) is 0 Å². The summed E-state index contributed by atoms with van der Waals surface area (Å²) in [6, 6.07) is 23.3. The van der Waals surface area contributed by atoms with Crippen molar-refractivity contribution in [1.82, 2.24) is 9.47 Å². The largest absolute Gasteiger partial charge is 0.311 e. The summed E-state index contributed by atoms with van der Waals surface area (Å²) in [6.07, 6.45) is 3.27. The monoisotopic (exact) mass is 402 g/mol. The molecule has 5 rings (SSSR count). The summed E-state index contributed by atoms with van der Waals surface area (Å²) in [5.41, 5.74) is 4.60. The van der Waals surface area contributed by atoms with E-state index < -0.39 is 0 Å². The summed E-state index contributed by atoms with van der Waals surface area (Å²) < 4.78 is 2.07. The molecule has 0 saturated carbocycles. The lowest BCUT2D eigenvalue weighted by Gasteiger charge is -2.43. The van der Waals surface area contributed by atoms with Crippen LogP contribution in [0.1, 0.15) is 23.6 Å². The lowest BCUT2D eigenvalue weighted by molar-refractivity contribution is 0.114. The van der Waals surface area contributed by atoms with Crippen LogP contribution in [-0.4, -0.2) is 28.8 Å². The molecule has 3 nitrogen and oxygen atoms in total. The molecular formula is C25H26N2OS. The molecule has 0 aliphatic carbocycles. The molecule has 2 aromatic carbocycles. The Morgan fingerprint density at radius 3 is 2.48 bits per heavy atom. The number of rotatable bonds is 4. The number of hydrogen-bond donors (Lipinski definition) is 0. The molecule has 1 fully saturated rings. The van der Waals surface area contributed by atoms with E-state index in [1.807, 2.05) is 6.07 Å². The summed E-state index contributed by atoms with van der Waals surface area (Å²) in [6.45, 7) is 3.95. The first-order chi connectivity index (χ1) is 14.2. The molecule has 2 bridgehead atoms. The molecule has 1 saturated heterocycles. The van der Waals surface area contributed by atoms with Crippen LogP contribution in [0.25, 0.3) is 11.1 Å². The van der Waals surface area contributed by atoms with Crippen LogP contribution >= 0.6 is 11.8 Å². The minimum Gasteiger partial charge on any atom is -0.311 e. The molecule has 2 atom stereocenters. The molecule has 0 spiro atoms. The molecule has 3 aromatic rings. The molecule has 1 aromatic heterocycles. The summed E-state index contributed by atoms with van der Waals surface area (Å²) in [5, 5.41) is 0. The molecular weight excluding hydrogens is 376 g/mol. The van der Waals surface area contributed by atoms with E-state index in [-0.39, 0.29) is 5.56 Å². The molecule has 29 heavy (non-hydrogen) atoms. The summed E-state index contributed by atoms with van der Waals surface area (Å²) in [5.74, 6) is 1.00. The van der Waals surface area contributed by atoms with Crippen molar-refractivity contribution < 1.29 is 0 Å². The SMILES string of the molecule is CSc1ccc(-c2ccc3n(c2=O)CC2CC3CN(Cc3ccccc3)C2)cc1. The van der Waals surface area contributed by atoms with E-state index >= 15 is 0 Å². The fourth-order valence-electron chi connectivity index (χ4n) is 5.01. The number of aromatic nitrogens is 1. The molecule has 0 N–H and O–H groups in total. The molecule has 0 radical (unpaired) electrons. The van der Waals surface area contributed by atoms with Crippen LogP contribution in [0.4, 0.5) is 0 Å². The quantitative estimate of drug-likeness (QED) is 0.583. The van der Waals surface area contributed by atoms with Gasteiger partial charge in [-0.05, 0) is 54.0 Å². The van der Waals surface area contributed by atoms with Crippen LogP contribution in [0, 0.1) is 5.92 Å². The van der Waals surface area contributed by atoms with Gasteiger partial charge in [-0.1, -0.05) is 42.5 Å². The first-order valence-corrected chi connectivity index (χ1v) is 11.6. The lowest BCUT2D eigenvalue weighted by atomic mass is 9.82. The Morgan fingerprint density at radius 2 is 1.72 bits per heavy atom. The van der Waals surface area contributed by atoms with Gasteiger partial charge < -0.3 is 4.57 Å². The van der Waals surface area contributed by atoms with Crippen molar-refractivity contribution in [3.63, 3.8) is 0 Å². The van der Waals surface area contributed by atoms with Gasteiger partial charge >= 0.3 is 0 Å². The lowest BCUT2D eigenvalue weighted by Crippen LogP contribution is -2.46. The Kier molecular flexibility index (Phi) is 5.06. The van der Waals surface area contributed by atoms with Gasteiger partial charge in [0.1, 0.15) is 0 Å². The van der Waals surface area contributed by atoms with Crippen molar-refractivity contribution in [2.75, 3.05) is 19.3 Å². The Hall–Kier alpha value is -2.30. The minimum atomic E-state index is 0.172. The molecule has 2 aliphatic heterocycles. The van der Waals surface area contributed by atoms with Crippen molar-refractivity contribution in [3.05, 3.63) is 88.3 Å². The zero-order valence-corrected chi connectivity index (χ0v) is 17.6. The highest BCUT2D eigenvalue weighted by Gasteiger charge is 2.34. The zero-order valence-electron chi connectivity index (χ0n) is 16.8. The molecule has 3 heterocycles. The second kappa shape index (κ2) is 7.85. The van der Waals surface area contributed by atoms with Gasteiger partial charge in [0.05, 0.1) is 0 Å². The maximum Gasteiger partial charge on any atom is 0.258 e. The Balaban J connectivity index is 1.42. The predicted octanol–water partition coefficient (Wildman–Crippen LogP) is 4.86. The molecule has 2 aliphatic rings. The highest BCUT2D eigenvalue weighted by molar-refractivity contribution is 7.98. The number of thioether (sulfide) groups is 1. The van der Waals surface area contributed by atoms with E-state index in [1.165, 1.54) is 22.6 Å². The first kappa shape index (κ1) is 18.7. The van der Waals surface area contributed by atoms with Crippen molar-refractivity contribution in [2.45, 2.75) is 30.3 Å². The van der Waals surface area contributed by atoms with Gasteiger partial charge in [-0.25, -0.2) is 0 Å². The Labute approximate surface area is 176 Å². The third-order valence-corrected chi connectivity index (χ3v) is 7.07. The summed E-state index contributed by atoms with van der Waals surface area (Å²) in [4.78, 5) is 17.1. The normalized spacial score (nSPS) is 21.0. The standard InChI is InChI=1S/C25H26N2OS/c1-29-22-9-7-20(8-10-22)23-11-12-24-21-13-19(16-27(24)25(23)28)15-26(17-21)14-18-5-3-2-4-6-18/h2-12,19,21H,13-17H2,1H3. The fraction of sp³-hybridized carbons (Fsp3) is 0.320. The highest BCUT2D eigenvalue weighted by atomic mass is 32.2. The second-order valence-electron chi connectivity index (χ2n) is 8.29. The van der Waals surface area contributed by atoms with E-state index in [0.29, 0.717) is 11.8 Å². The van der Waals surface area contributed by atoms with Gasteiger partial charge in [0.15, 0.2) is 0 Å². The number of likely N-dealkylation sites (tertiary alicyclic amines) is 1. The second-order valence-corrected chi connectivity index (χ2v) is 9.17. The first-order valence-electron chi connectivity index (χ1n) is 10.4. The zero-order chi connectivity index (χ0) is 19.8. The van der Waals surface area contributed by atoms with Crippen LogP contribution in [-0.2, 0) is 13.1 Å². The predicted molar refractivity (Wildman–Crippen MR) is 120 cm³/mol. The molecule has 148 valence electrons. The van der Waals surface area contributed by atoms with Crippen molar-refractivity contribution in [2.24, 2.45) is 5.92 Å². The summed E-state index contributed by atoms with van der Waals surface area (Å²) in [7, 11) is 0. The number of hydrogen-bond acceptors (Lipinski definition) is 3. The van der Waals surface area contributed by atoms with Crippen LogP contribution in [0.2, 0.25) is 0 Å². The van der Waals surface area contributed by atoms with Crippen LogP contribution in [0.3, 0.4) is 0 Å². The number of nitrogens with zero attached hydrogens (tertiary/aromatic N) is 2. The van der Waals surface area contributed by atoms with E-state index in [0.717, 1.165) is 37.3 Å². The van der Waals surface area contributed by atoms with E-state index in [4.69, 9.17) is 0 Å². The third kappa shape index (κ3) is 3.67. The van der Waals surface area contributed by atoms with E-state index in [9.17, 15) is 4.79 Å². The van der Waals surface area contributed by atoms with Gasteiger partial charge in [0.25, 0.3) is 5.56 Å². The van der Waals surface area contributed by atoms with Gasteiger partial charge in [-0.3, -0.25) is 9.69 Å². The Morgan fingerprint density at radius 1 is 0.931 bits per heavy atom. The Bertz CT molecular complexity index is 1060. The van der Waals surface area contributed by atoms with Gasteiger partial charge in [-0.15, -0.1) is 11.8 Å². The average Bonchev–Trinajstić information content (AvgIpc) is 2.75. The highest BCUT2D eigenvalue weighted by Crippen LogP contribution is 2.36. The number of benzene rings is 2. The fourth-order valence-corrected chi connectivity index (χ4v) is 5.41. The van der Waals surface area contributed by atoms with Crippen molar-refractivity contribution in [1.29, 1.82) is 0 Å².